The summed E-state index contributed by atoms with van der Waals surface area (Å²) < 4.78 is 11.1. The fourth-order valence-electron chi connectivity index (χ4n) is 1.43. The summed E-state index contributed by atoms with van der Waals surface area (Å²) in [5.74, 6) is -0.361. The molecule has 0 aromatic rings. The largest absolute Gasteiger partial charge is 0.345 e. The summed E-state index contributed by atoms with van der Waals surface area (Å²) in [6.07, 6.45) is 1.57. The van der Waals surface area contributed by atoms with Gasteiger partial charge in [-0.25, -0.2) is 0 Å². The van der Waals surface area contributed by atoms with Crippen LogP contribution in [0.1, 0.15) is 34.1 Å². The lowest BCUT2D eigenvalue weighted by atomic mass is 10.2. The van der Waals surface area contributed by atoms with Crippen molar-refractivity contribution in [1.29, 1.82) is 0 Å². The van der Waals surface area contributed by atoms with Gasteiger partial charge in [0.2, 0.25) is 0 Å². The minimum absolute atomic E-state index is 0.250. The Balaban J connectivity index is 2.52. The molecule has 0 aromatic heterocycles. The minimum Gasteiger partial charge on any atom is -0.345 e. The average Bonchev–Trinajstić information content (AvgIpc) is 2.05. The zero-order valence-corrected chi connectivity index (χ0v) is 7.18. The van der Waals surface area contributed by atoms with Crippen molar-refractivity contribution in [3.8, 4) is 0 Å². The Morgan fingerprint density at radius 2 is 1.90 bits per heavy atom. The van der Waals surface area contributed by atoms with Crippen LogP contribution in [0.4, 0.5) is 0 Å². The molecule has 2 atom stereocenters. The molecule has 0 saturated carbocycles. The topological polar surface area (TPSA) is 18.5 Å². The Hall–Kier alpha value is -0.0800. The highest BCUT2D eigenvalue weighted by molar-refractivity contribution is 4.76. The number of rotatable bonds is 1. The maximum absolute atomic E-state index is 5.59. The molecule has 2 heteroatoms. The van der Waals surface area contributed by atoms with Gasteiger partial charge in [0, 0.05) is 0 Å². The number of hydrogen-bond acceptors (Lipinski definition) is 2. The molecule has 1 aliphatic rings. The van der Waals surface area contributed by atoms with E-state index in [0.717, 1.165) is 6.42 Å². The van der Waals surface area contributed by atoms with E-state index >= 15 is 0 Å². The summed E-state index contributed by atoms with van der Waals surface area (Å²) in [4.78, 5) is 0. The van der Waals surface area contributed by atoms with Gasteiger partial charge in [0.25, 0.3) is 0 Å². The van der Waals surface area contributed by atoms with Gasteiger partial charge in [0.15, 0.2) is 5.79 Å². The molecule has 0 amide bonds. The van der Waals surface area contributed by atoms with Crippen molar-refractivity contribution in [3.05, 3.63) is 0 Å². The van der Waals surface area contributed by atoms with Gasteiger partial charge >= 0.3 is 0 Å². The lowest BCUT2D eigenvalue weighted by Gasteiger charge is -2.16. The van der Waals surface area contributed by atoms with Crippen molar-refractivity contribution in [2.24, 2.45) is 0 Å². The SMILES string of the molecule is CC[C@H]1OC(C)(C)O[C@H]1C. The fraction of sp³-hybridized carbons (Fsp3) is 1.00. The third-order valence-corrected chi connectivity index (χ3v) is 1.83. The second-order valence-electron chi connectivity index (χ2n) is 3.29. The zero-order chi connectivity index (χ0) is 7.78. The first-order valence-corrected chi connectivity index (χ1v) is 3.91. The van der Waals surface area contributed by atoms with E-state index in [4.69, 9.17) is 9.47 Å². The lowest BCUT2D eigenvalue weighted by Crippen LogP contribution is -2.21. The van der Waals surface area contributed by atoms with Crippen molar-refractivity contribution >= 4 is 0 Å². The molecule has 0 N–H and O–H groups in total. The van der Waals surface area contributed by atoms with Gasteiger partial charge in [-0.2, -0.15) is 0 Å². The second-order valence-corrected chi connectivity index (χ2v) is 3.29. The van der Waals surface area contributed by atoms with E-state index < -0.39 is 0 Å². The van der Waals surface area contributed by atoms with E-state index in [0.29, 0.717) is 0 Å². The molecule has 1 heterocycles. The standard InChI is InChI=1S/C8H16O2/c1-5-7-6(2)9-8(3,4)10-7/h6-7H,5H2,1-4H3/t6-,7+/m0/s1. The number of ether oxygens (including phenoxy) is 2. The minimum atomic E-state index is -0.361. The molecule has 0 unspecified atom stereocenters. The molecule has 2 nitrogen and oxygen atoms in total. The van der Waals surface area contributed by atoms with Crippen LogP contribution in [0.25, 0.3) is 0 Å². The molecule has 10 heavy (non-hydrogen) atoms. The Kier molecular flexibility index (Phi) is 2.02. The van der Waals surface area contributed by atoms with Gasteiger partial charge < -0.3 is 9.47 Å². The van der Waals surface area contributed by atoms with Gasteiger partial charge in [-0.3, -0.25) is 0 Å². The highest BCUT2D eigenvalue weighted by atomic mass is 16.7. The predicted octanol–water partition coefficient (Wildman–Crippen LogP) is 1.94. The third kappa shape index (κ3) is 1.50. The summed E-state index contributed by atoms with van der Waals surface area (Å²) in [6, 6.07) is 0. The molecule has 0 aliphatic carbocycles. The van der Waals surface area contributed by atoms with Crippen LogP contribution in [0.15, 0.2) is 0 Å². The van der Waals surface area contributed by atoms with Crippen LogP contribution in [0.5, 0.6) is 0 Å². The smallest absolute Gasteiger partial charge is 0.163 e. The summed E-state index contributed by atoms with van der Waals surface area (Å²) >= 11 is 0. The number of hydrogen-bond donors (Lipinski definition) is 0. The maximum atomic E-state index is 5.59. The highest BCUT2D eigenvalue weighted by Crippen LogP contribution is 2.28. The Morgan fingerprint density at radius 3 is 2.10 bits per heavy atom. The van der Waals surface area contributed by atoms with Crippen molar-refractivity contribution < 1.29 is 9.47 Å². The first kappa shape index (κ1) is 8.02. The molecule has 0 spiro atoms. The molecule has 60 valence electrons. The lowest BCUT2D eigenvalue weighted by molar-refractivity contribution is -0.145. The summed E-state index contributed by atoms with van der Waals surface area (Å²) in [5, 5.41) is 0. The summed E-state index contributed by atoms with van der Waals surface area (Å²) in [5.41, 5.74) is 0. The van der Waals surface area contributed by atoms with Crippen LogP contribution in [0.2, 0.25) is 0 Å². The normalized spacial score (nSPS) is 38.4. The van der Waals surface area contributed by atoms with Crippen molar-refractivity contribution in [2.45, 2.75) is 52.1 Å². The van der Waals surface area contributed by atoms with Crippen LogP contribution < -0.4 is 0 Å². The first-order chi connectivity index (χ1) is 4.55. The van der Waals surface area contributed by atoms with Gasteiger partial charge in [0.1, 0.15) is 0 Å². The molecule has 1 fully saturated rings. The highest BCUT2D eigenvalue weighted by Gasteiger charge is 2.37. The van der Waals surface area contributed by atoms with Crippen molar-refractivity contribution in [2.75, 3.05) is 0 Å². The van der Waals surface area contributed by atoms with Crippen LogP contribution in [-0.2, 0) is 9.47 Å². The van der Waals surface area contributed by atoms with Crippen LogP contribution in [0, 0.1) is 0 Å². The van der Waals surface area contributed by atoms with Gasteiger partial charge in [0.05, 0.1) is 12.2 Å². The molecular formula is C8H16O2. The molecular weight excluding hydrogens is 128 g/mol. The van der Waals surface area contributed by atoms with Crippen molar-refractivity contribution in [1.82, 2.24) is 0 Å². The summed E-state index contributed by atoms with van der Waals surface area (Å²) in [6.45, 7) is 8.09. The van der Waals surface area contributed by atoms with E-state index in [2.05, 4.69) is 13.8 Å². The van der Waals surface area contributed by atoms with Crippen LogP contribution in [0.3, 0.4) is 0 Å². The van der Waals surface area contributed by atoms with E-state index in [-0.39, 0.29) is 18.0 Å². The predicted molar refractivity (Wildman–Crippen MR) is 39.8 cm³/mol. The molecule has 0 radical (unpaired) electrons. The van der Waals surface area contributed by atoms with Gasteiger partial charge in [-0.05, 0) is 27.2 Å². The van der Waals surface area contributed by atoms with E-state index in [1.165, 1.54) is 0 Å². The second kappa shape index (κ2) is 2.51. The molecule has 0 aromatic carbocycles. The molecule has 1 rings (SSSR count). The van der Waals surface area contributed by atoms with Crippen LogP contribution >= 0.6 is 0 Å². The Labute approximate surface area is 62.5 Å². The zero-order valence-electron chi connectivity index (χ0n) is 7.18. The Bertz CT molecular complexity index is 120. The van der Waals surface area contributed by atoms with E-state index in [9.17, 15) is 0 Å². The van der Waals surface area contributed by atoms with Gasteiger partial charge in [-0.15, -0.1) is 0 Å². The molecule has 0 bridgehead atoms. The summed E-state index contributed by atoms with van der Waals surface area (Å²) in [7, 11) is 0. The van der Waals surface area contributed by atoms with E-state index in [1.54, 1.807) is 0 Å². The Morgan fingerprint density at radius 1 is 1.30 bits per heavy atom. The van der Waals surface area contributed by atoms with Gasteiger partial charge in [-0.1, -0.05) is 6.92 Å². The maximum Gasteiger partial charge on any atom is 0.163 e. The monoisotopic (exact) mass is 144 g/mol. The fourth-order valence-corrected chi connectivity index (χ4v) is 1.43. The molecule has 1 saturated heterocycles. The third-order valence-electron chi connectivity index (χ3n) is 1.83. The molecule has 1 aliphatic heterocycles. The first-order valence-electron chi connectivity index (χ1n) is 3.91. The average molecular weight is 144 g/mol. The van der Waals surface area contributed by atoms with Crippen molar-refractivity contribution in [3.63, 3.8) is 0 Å². The van der Waals surface area contributed by atoms with Crippen LogP contribution in [-0.4, -0.2) is 18.0 Å². The van der Waals surface area contributed by atoms with E-state index in [1.807, 2.05) is 13.8 Å². The quantitative estimate of drug-likeness (QED) is 0.560.